The largest absolute Gasteiger partial charge is 0.414 e. The van der Waals surface area contributed by atoms with Crippen LogP contribution >= 0.6 is 11.3 Å². The van der Waals surface area contributed by atoms with E-state index >= 15 is 0 Å². The second-order valence-corrected chi connectivity index (χ2v) is 7.35. The first-order valence-corrected chi connectivity index (χ1v) is 10.0. The molecule has 0 aliphatic carbocycles. The highest BCUT2D eigenvalue weighted by Gasteiger charge is 2.19. The Labute approximate surface area is 172 Å². The molecule has 0 saturated heterocycles. The van der Waals surface area contributed by atoms with Crippen molar-refractivity contribution in [2.75, 3.05) is 32.1 Å². The molecule has 1 atom stereocenters. The van der Waals surface area contributed by atoms with Gasteiger partial charge in [-0.2, -0.15) is 5.26 Å². The summed E-state index contributed by atoms with van der Waals surface area (Å²) in [4.78, 5) is 14.4. The van der Waals surface area contributed by atoms with Crippen LogP contribution in [0.15, 0.2) is 46.2 Å². The topological polar surface area (TPSA) is 105 Å². The van der Waals surface area contributed by atoms with Gasteiger partial charge in [0, 0.05) is 12.8 Å². The van der Waals surface area contributed by atoms with E-state index in [4.69, 9.17) is 14.4 Å². The molecule has 0 aliphatic rings. The summed E-state index contributed by atoms with van der Waals surface area (Å²) in [6.07, 6.45) is 0.348. The Morgan fingerprint density at radius 2 is 2.14 bits per heavy atom. The number of ether oxygens (including phenoxy) is 1. The van der Waals surface area contributed by atoms with Crippen molar-refractivity contribution < 1.29 is 18.8 Å². The van der Waals surface area contributed by atoms with Crippen LogP contribution in [0.2, 0.25) is 0 Å². The van der Waals surface area contributed by atoms with E-state index in [-0.39, 0.29) is 12.5 Å². The molecule has 29 heavy (non-hydrogen) atoms. The third kappa shape index (κ3) is 6.22. The normalized spacial score (nSPS) is 11.7. The Hall–Kier alpha value is -3.06. The molecule has 0 bridgehead atoms. The average Bonchev–Trinajstić information content (AvgIpc) is 3.39. The van der Waals surface area contributed by atoms with E-state index in [9.17, 15) is 4.79 Å². The number of nitrogens with zero attached hydrogens (tertiary/aromatic N) is 3. The number of aromatic nitrogens is 2. The third-order valence-electron chi connectivity index (χ3n) is 4.19. The molecule has 2 N–H and O–H groups in total. The van der Waals surface area contributed by atoms with Gasteiger partial charge < -0.3 is 19.4 Å². The van der Waals surface area contributed by atoms with Crippen molar-refractivity contribution in [2.24, 2.45) is 0 Å². The van der Waals surface area contributed by atoms with Crippen molar-refractivity contribution in [1.29, 1.82) is 5.26 Å². The lowest BCUT2D eigenvalue weighted by Crippen LogP contribution is -3.12. The number of nitriles is 1. The van der Waals surface area contributed by atoms with E-state index in [2.05, 4.69) is 21.6 Å². The first-order valence-electron chi connectivity index (χ1n) is 9.12. The van der Waals surface area contributed by atoms with E-state index in [0.29, 0.717) is 43.6 Å². The van der Waals surface area contributed by atoms with Crippen LogP contribution < -0.4 is 10.2 Å². The highest BCUT2D eigenvalue weighted by molar-refractivity contribution is 7.13. The molecule has 9 heteroatoms. The zero-order valence-corrected chi connectivity index (χ0v) is 16.9. The predicted molar refractivity (Wildman–Crippen MR) is 108 cm³/mol. The van der Waals surface area contributed by atoms with Crippen LogP contribution in [0.5, 0.6) is 0 Å². The van der Waals surface area contributed by atoms with Gasteiger partial charge >= 0.3 is 0 Å². The number of benzene rings is 1. The smallest absolute Gasteiger partial charge is 0.279 e. The molecule has 2 aromatic heterocycles. The number of nitrogens with one attached hydrogen (secondary N) is 2. The summed E-state index contributed by atoms with van der Waals surface area (Å²) in [5.74, 6) is 0.846. The number of carbonyl (C=O) groups is 1. The van der Waals surface area contributed by atoms with Gasteiger partial charge in [-0.05, 0) is 29.1 Å². The van der Waals surface area contributed by atoms with Gasteiger partial charge in [0.25, 0.3) is 17.7 Å². The fourth-order valence-corrected chi connectivity index (χ4v) is 3.40. The van der Waals surface area contributed by atoms with Crippen LogP contribution in [-0.4, -0.2) is 42.9 Å². The van der Waals surface area contributed by atoms with Crippen LogP contribution in [0, 0.1) is 11.3 Å². The number of methoxy groups -OCH3 is 1. The number of amides is 1. The summed E-state index contributed by atoms with van der Waals surface area (Å²) in [5, 5.41) is 21.8. The van der Waals surface area contributed by atoms with Crippen LogP contribution in [0.3, 0.4) is 0 Å². The molecular weight excluding hydrogens is 390 g/mol. The summed E-state index contributed by atoms with van der Waals surface area (Å²) in [6, 6.07) is 13.2. The molecule has 0 radical (unpaired) electrons. The average molecular weight is 412 g/mol. The van der Waals surface area contributed by atoms with Crippen molar-refractivity contribution in [3.63, 3.8) is 0 Å². The zero-order valence-electron chi connectivity index (χ0n) is 16.1. The second kappa shape index (κ2) is 10.5. The molecule has 0 spiro atoms. The van der Waals surface area contributed by atoms with Crippen LogP contribution in [-0.2, 0) is 22.5 Å². The number of rotatable bonds is 10. The number of thiophene rings is 1. The fraction of sp³-hybridized carbons (Fsp3) is 0.300. The maximum absolute atomic E-state index is 12.5. The van der Waals surface area contributed by atoms with Gasteiger partial charge in [0.2, 0.25) is 0 Å². The van der Waals surface area contributed by atoms with Crippen LogP contribution in [0.25, 0.3) is 10.8 Å². The second-order valence-electron chi connectivity index (χ2n) is 6.40. The molecule has 8 nitrogen and oxygen atoms in total. The van der Waals surface area contributed by atoms with E-state index in [1.165, 1.54) is 11.3 Å². The van der Waals surface area contributed by atoms with Crippen molar-refractivity contribution >= 4 is 22.9 Å². The van der Waals surface area contributed by atoms with Crippen molar-refractivity contribution in [3.8, 4) is 16.8 Å². The molecule has 150 valence electrons. The van der Waals surface area contributed by atoms with Gasteiger partial charge in [-0.15, -0.1) is 21.5 Å². The quantitative estimate of drug-likeness (QED) is 0.523. The van der Waals surface area contributed by atoms with E-state index in [0.717, 1.165) is 15.3 Å². The Morgan fingerprint density at radius 1 is 1.31 bits per heavy atom. The fourth-order valence-electron chi connectivity index (χ4n) is 2.75. The molecule has 0 fully saturated rings. The maximum Gasteiger partial charge on any atom is 0.279 e. The Kier molecular flexibility index (Phi) is 7.47. The molecule has 2 heterocycles. The number of hydrogen-bond acceptors (Lipinski definition) is 7. The lowest BCUT2D eigenvalue weighted by Gasteiger charge is -2.17. The number of anilines is 1. The standard InChI is InChI=1S/C20H21N5O3S/c1-27-11-10-25(14-19-23-24-20(28-19)17-3-2-12-29-17)13-18(26)22-16-6-4-15(5-7-16)8-9-21/h2-7,12H,8,10-11,13-14H2,1H3,(H,22,26)/p+1. The lowest BCUT2D eigenvalue weighted by atomic mass is 10.1. The molecule has 3 rings (SSSR count). The molecule has 0 aliphatic heterocycles. The number of quaternary nitrogens is 1. The lowest BCUT2D eigenvalue weighted by molar-refractivity contribution is -0.907. The summed E-state index contributed by atoms with van der Waals surface area (Å²) < 4.78 is 10.9. The monoisotopic (exact) mass is 412 g/mol. The van der Waals surface area contributed by atoms with E-state index < -0.39 is 0 Å². The Morgan fingerprint density at radius 3 is 2.83 bits per heavy atom. The van der Waals surface area contributed by atoms with Crippen LogP contribution in [0.4, 0.5) is 5.69 Å². The minimum Gasteiger partial charge on any atom is -0.414 e. The highest BCUT2D eigenvalue weighted by atomic mass is 32.1. The van der Waals surface area contributed by atoms with Crippen molar-refractivity contribution in [1.82, 2.24) is 10.2 Å². The molecular formula is C20H22N5O3S+. The highest BCUT2D eigenvalue weighted by Crippen LogP contribution is 2.22. The molecule has 3 aromatic rings. The van der Waals surface area contributed by atoms with Gasteiger partial charge in [-0.25, -0.2) is 0 Å². The summed E-state index contributed by atoms with van der Waals surface area (Å²) >= 11 is 1.53. The zero-order chi connectivity index (χ0) is 20.5. The molecule has 1 aromatic carbocycles. The molecule has 0 saturated carbocycles. The summed E-state index contributed by atoms with van der Waals surface area (Å²) in [5.41, 5.74) is 1.61. The van der Waals surface area contributed by atoms with Crippen molar-refractivity contribution in [3.05, 3.63) is 53.2 Å². The minimum atomic E-state index is -0.123. The van der Waals surface area contributed by atoms with Gasteiger partial charge in [0.15, 0.2) is 13.1 Å². The Balaban J connectivity index is 1.59. The van der Waals surface area contributed by atoms with E-state index in [1.54, 1.807) is 19.2 Å². The SMILES string of the molecule is COCC[NH+](CC(=O)Nc1ccc(CC#N)cc1)Cc1nnc(-c2cccs2)o1. The first kappa shape index (κ1) is 20.7. The number of hydrogen-bond donors (Lipinski definition) is 2. The van der Waals surface area contributed by atoms with Gasteiger partial charge in [-0.1, -0.05) is 18.2 Å². The minimum absolute atomic E-state index is 0.123. The molecule has 1 unspecified atom stereocenters. The van der Waals surface area contributed by atoms with Gasteiger partial charge in [-0.3, -0.25) is 4.79 Å². The summed E-state index contributed by atoms with van der Waals surface area (Å²) in [6.45, 7) is 1.80. The Bertz CT molecular complexity index is 947. The summed E-state index contributed by atoms with van der Waals surface area (Å²) in [7, 11) is 1.63. The maximum atomic E-state index is 12.5. The van der Waals surface area contributed by atoms with Crippen molar-refractivity contribution in [2.45, 2.75) is 13.0 Å². The predicted octanol–water partition coefficient (Wildman–Crippen LogP) is 1.53. The number of carbonyl (C=O) groups excluding carboxylic acids is 1. The van der Waals surface area contributed by atoms with E-state index in [1.807, 2.05) is 29.6 Å². The van der Waals surface area contributed by atoms with Gasteiger partial charge in [0.05, 0.1) is 24.0 Å². The molecule has 1 amide bonds. The first-order chi connectivity index (χ1) is 14.2. The van der Waals surface area contributed by atoms with Crippen LogP contribution in [0.1, 0.15) is 11.5 Å². The third-order valence-corrected chi connectivity index (χ3v) is 5.05. The van der Waals surface area contributed by atoms with Gasteiger partial charge in [0.1, 0.15) is 6.54 Å².